The molecule has 1 aromatic carbocycles. The van der Waals surface area contributed by atoms with E-state index in [2.05, 4.69) is 11.4 Å². The van der Waals surface area contributed by atoms with E-state index in [4.69, 9.17) is 16.3 Å². The lowest BCUT2D eigenvalue weighted by Gasteiger charge is -2.10. The smallest absolute Gasteiger partial charge is 0.137 e. The van der Waals surface area contributed by atoms with Gasteiger partial charge in [0.15, 0.2) is 0 Å². The van der Waals surface area contributed by atoms with Crippen LogP contribution in [-0.4, -0.2) is 20.2 Å². The van der Waals surface area contributed by atoms with E-state index in [9.17, 15) is 0 Å². The highest BCUT2D eigenvalue weighted by Crippen LogP contribution is 2.30. The Morgan fingerprint density at radius 2 is 2.27 bits per heavy atom. The third-order valence-corrected chi connectivity index (χ3v) is 3.00. The average Bonchev–Trinajstić information content (AvgIpc) is 2.70. The topological polar surface area (TPSA) is 21.3 Å². The van der Waals surface area contributed by atoms with E-state index >= 15 is 0 Å². The second-order valence-electron chi connectivity index (χ2n) is 3.58. The fraction of sp³-hybridized carbons (Fsp3) is 0.455. The fourth-order valence-electron chi connectivity index (χ4n) is 1.88. The molecule has 2 rings (SSSR count). The molecule has 1 fully saturated rings. The summed E-state index contributed by atoms with van der Waals surface area (Å²) in [5, 5.41) is 4.05. The molecule has 1 aliphatic heterocycles. The molecular formula is C11H15Cl2NO. The number of ether oxygens (including phenoxy) is 1. The summed E-state index contributed by atoms with van der Waals surface area (Å²) >= 11 is 6.06. The van der Waals surface area contributed by atoms with Gasteiger partial charge in [-0.1, -0.05) is 17.7 Å². The van der Waals surface area contributed by atoms with Crippen LogP contribution in [0.1, 0.15) is 17.9 Å². The molecule has 0 saturated carbocycles. The van der Waals surface area contributed by atoms with Gasteiger partial charge in [0.25, 0.3) is 0 Å². The summed E-state index contributed by atoms with van der Waals surface area (Å²) in [6, 6.07) is 6.05. The number of nitrogens with one attached hydrogen (secondary N) is 1. The third kappa shape index (κ3) is 2.77. The number of methoxy groups -OCH3 is 1. The molecule has 0 amide bonds. The molecular weight excluding hydrogens is 233 g/mol. The molecule has 0 radical (unpaired) electrons. The van der Waals surface area contributed by atoms with Crippen molar-refractivity contribution in [1.29, 1.82) is 0 Å². The Hall–Kier alpha value is -0.440. The summed E-state index contributed by atoms with van der Waals surface area (Å²) in [5.74, 6) is 1.36. The van der Waals surface area contributed by atoms with E-state index in [0.717, 1.165) is 18.8 Å². The van der Waals surface area contributed by atoms with Gasteiger partial charge < -0.3 is 10.1 Å². The maximum absolute atomic E-state index is 6.06. The van der Waals surface area contributed by atoms with Crippen LogP contribution < -0.4 is 10.1 Å². The van der Waals surface area contributed by atoms with Gasteiger partial charge in [0.2, 0.25) is 0 Å². The van der Waals surface area contributed by atoms with Crippen LogP contribution >= 0.6 is 24.0 Å². The molecule has 2 nitrogen and oxygen atoms in total. The molecule has 1 atom stereocenters. The summed E-state index contributed by atoms with van der Waals surface area (Å²) in [5.41, 5.74) is 1.31. The fourth-order valence-corrected chi connectivity index (χ4v) is 2.14. The molecule has 1 N–H and O–H groups in total. The minimum absolute atomic E-state index is 0. The molecule has 1 saturated heterocycles. The zero-order valence-corrected chi connectivity index (χ0v) is 10.2. The lowest BCUT2D eigenvalue weighted by molar-refractivity contribution is 0.415. The molecule has 4 heteroatoms. The number of rotatable bonds is 2. The molecule has 0 aliphatic carbocycles. The van der Waals surface area contributed by atoms with E-state index in [1.54, 1.807) is 7.11 Å². The van der Waals surface area contributed by atoms with Crippen molar-refractivity contribution in [3.05, 3.63) is 28.8 Å². The Labute approximate surface area is 101 Å². The SMILES string of the molecule is COc1ccc(C2CCNC2)cc1Cl.Cl. The van der Waals surface area contributed by atoms with Crippen LogP contribution in [0, 0.1) is 0 Å². The maximum atomic E-state index is 6.06. The molecule has 1 unspecified atom stereocenters. The van der Waals surface area contributed by atoms with Crippen molar-refractivity contribution in [1.82, 2.24) is 5.32 Å². The van der Waals surface area contributed by atoms with E-state index in [0.29, 0.717) is 10.9 Å². The molecule has 1 heterocycles. The average molecular weight is 248 g/mol. The Balaban J connectivity index is 0.00000112. The first-order valence-electron chi connectivity index (χ1n) is 4.85. The number of benzene rings is 1. The van der Waals surface area contributed by atoms with Gasteiger partial charge in [-0.2, -0.15) is 0 Å². The van der Waals surface area contributed by atoms with E-state index < -0.39 is 0 Å². The highest BCUT2D eigenvalue weighted by molar-refractivity contribution is 6.32. The summed E-state index contributed by atoms with van der Waals surface area (Å²) in [7, 11) is 1.64. The summed E-state index contributed by atoms with van der Waals surface area (Å²) in [4.78, 5) is 0. The Morgan fingerprint density at radius 3 is 2.80 bits per heavy atom. The molecule has 1 aromatic rings. The van der Waals surface area contributed by atoms with Gasteiger partial charge in [-0.25, -0.2) is 0 Å². The van der Waals surface area contributed by atoms with Crippen LogP contribution in [0.5, 0.6) is 5.75 Å². The number of hydrogen-bond donors (Lipinski definition) is 1. The predicted molar refractivity (Wildman–Crippen MR) is 65.5 cm³/mol. The Kier molecular flexibility index (Phi) is 4.71. The van der Waals surface area contributed by atoms with Crippen molar-refractivity contribution >= 4 is 24.0 Å². The Morgan fingerprint density at radius 1 is 1.47 bits per heavy atom. The summed E-state index contributed by atoms with van der Waals surface area (Å²) < 4.78 is 5.12. The van der Waals surface area contributed by atoms with Gasteiger partial charge in [0.1, 0.15) is 5.75 Å². The predicted octanol–water partition coefficient (Wildman–Crippen LogP) is 2.85. The normalized spacial score (nSPS) is 19.7. The molecule has 84 valence electrons. The lowest BCUT2D eigenvalue weighted by atomic mass is 9.98. The van der Waals surface area contributed by atoms with Gasteiger partial charge in [-0.3, -0.25) is 0 Å². The zero-order valence-electron chi connectivity index (χ0n) is 8.63. The van der Waals surface area contributed by atoms with Crippen LogP contribution in [0.25, 0.3) is 0 Å². The van der Waals surface area contributed by atoms with Gasteiger partial charge in [-0.15, -0.1) is 12.4 Å². The highest BCUT2D eigenvalue weighted by atomic mass is 35.5. The van der Waals surface area contributed by atoms with Crippen molar-refractivity contribution in [2.45, 2.75) is 12.3 Å². The van der Waals surface area contributed by atoms with Crippen LogP contribution in [0.3, 0.4) is 0 Å². The van der Waals surface area contributed by atoms with Gasteiger partial charge >= 0.3 is 0 Å². The van der Waals surface area contributed by atoms with Crippen molar-refractivity contribution < 1.29 is 4.74 Å². The van der Waals surface area contributed by atoms with E-state index in [-0.39, 0.29) is 12.4 Å². The molecule has 0 aromatic heterocycles. The van der Waals surface area contributed by atoms with E-state index in [1.807, 2.05) is 12.1 Å². The van der Waals surface area contributed by atoms with Crippen molar-refractivity contribution in [2.75, 3.05) is 20.2 Å². The summed E-state index contributed by atoms with van der Waals surface area (Å²) in [6.07, 6.45) is 1.20. The Bertz CT molecular complexity index is 324. The number of hydrogen-bond acceptors (Lipinski definition) is 2. The zero-order chi connectivity index (χ0) is 9.97. The second-order valence-corrected chi connectivity index (χ2v) is 3.99. The van der Waals surface area contributed by atoms with Crippen molar-refractivity contribution in [3.8, 4) is 5.75 Å². The third-order valence-electron chi connectivity index (χ3n) is 2.71. The van der Waals surface area contributed by atoms with Crippen LogP contribution in [-0.2, 0) is 0 Å². The largest absolute Gasteiger partial charge is 0.495 e. The summed E-state index contributed by atoms with van der Waals surface area (Å²) in [6.45, 7) is 2.16. The first-order chi connectivity index (χ1) is 6.81. The standard InChI is InChI=1S/C11H14ClNO.ClH/c1-14-11-3-2-8(6-10(11)12)9-4-5-13-7-9;/h2-3,6,9,13H,4-5,7H2,1H3;1H. The van der Waals surface area contributed by atoms with Crippen LogP contribution in [0.4, 0.5) is 0 Å². The minimum atomic E-state index is 0. The monoisotopic (exact) mass is 247 g/mol. The van der Waals surface area contributed by atoms with Crippen molar-refractivity contribution in [3.63, 3.8) is 0 Å². The lowest BCUT2D eigenvalue weighted by Crippen LogP contribution is -2.07. The first-order valence-corrected chi connectivity index (χ1v) is 5.23. The first kappa shape index (κ1) is 12.6. The molecule has 1 aliphatic rings. The van der Waals surface area contributed by atoms with E-state index in [1.165, 1.54) is 12.0 Å². The van der Waals surface area contributed by atoms with Crippen molar-refractivity contribution in [2.24, 2.45) is 0 Å². The maximum Gasteiger partial charge on any atom is 0.137 e. The minimum Gasteiger partial charge on any atom is -0.495 e. The van der Waals surface area contributed by atoms with Crippen LogP contribution in [0.2, 0.25) is 5.02 Å². The van der Waals surface area contributed by atoms with Gasteiger partial charge in [-0.05, 0) is 36.6 Å². The molecule has 0 bridgehead atoms. The second kappa shape index (κ2) is 5.59. The molecule has 0 spiro atoms. The highest BCUT2D eigenvalue weighted by Gasteiger charge is 2.17. The van der Waals surface area contributed by atoms with Crippen LogP contribution in [0.15, 0.2) is 18.2 Å². The quantitative estimate of drug-likeness (QED) is 0.868. The number of halogens is 2. The van der Waals surface area contributed by atoms with Gasteiger partial charge in [0, 0.05) is 6.54 Å². The van der Waals surface area contributed by atoms with Gasteiger partial charge in [0.05, 0.1) is 12.1 Å². The molecule has 15 heavy (non-hydrogen) atoms.